The first-order valence-corrected chi connectivity index (χ1v) is 3.34. The quantitative estimate of drug-likeness (QED) is 0.780. The van der Waals surface area contributed by atoms with Crippen molar-refractivity contribution >= 4 is 0 Å². The molecular formula is C9H13OW-. The molecule has 1 aromatic rings. The third kappa shape index (κ3) is 6.27. The number of hydrogen-bond acceptors (Lipinski definition) is 1. The zero-order valence-corrected chi connectivity index (χ0v) is 9.81. The first-order valence-electron chi connectivity index (χ1n) is 3.34. The molecule has 11 heavy (non-hydrogen) atoms. The average Bonchev–Trinajstić information content (AvgIpc) is 2.10. The molecule has 0 aromatic heterocycles. The summed E-state index contributed by atoms with van der Waals surface area (Å²) in [6.07, 6.45) is 1.08. The van der Waals surface area contributed by atoms with Gasteiger partial charge in [-0.3, -0.25) is 0 Å². The Kier molecular flexibility index (Phi) is 12.1. The smallest absolute Gasteiger partial charge is 0.0319 e. The van der Waals surface area contributed by atoms with Gasteiger partial charge in [-0.05, 0) is 0 Å². The van der Waals surface area contributed by atoms with E-state index in [2.05, 4.69) is 19.1 Å². The van der Waals surface area contributed by atoms with E-state index in [1.807, 2.05) is 18.2 Å². The van der Waals surface area contributed by atoms with E-state index in [1.54, 1.807) is 0 Å². The average molecular weight is 321 g/mol. The summed E-state index contributed by atoms with van der Waals surface area (Å²) in [6.45, 7) is 2.13. The van der Waals surface area contributed by atoms with Gasteiger partial charge >= 0.3 is 0 Å². The third-order valence-corrected chi connectivity index (χ3v) is 1.15. The van der Waals surface area contributed by atoms with Crippen LogP contribution in [0.1, 0.15) is 12.5 Å². The van der Waals surface area contributed by atoms with Gasteiger partial charge in [-0.25, -0.2) is 0 Å². The molecule has 0 aliphatic carbocycles. The molecule has 0 spiro atoms. The van der Waals surface area contributed by atoms with Crippen LogP contribution >= 0.6 is 0 Å². The fraction of sp³-hybridized carbons (Fsp3) is 0.333. The Balaban J connectivity index is 0. The molecule has 1 nitrogen and oxygen atoms in total. The molecule has 0 fully saturated rings. The number of aryl methyl sites for hydroxylation is 1. The van der Waals surface area contributed by atoms with Crippen molar-refractivity contribution in [1.29, 1.82) is 0 Å². The Hall–Kier alpha value is -0.132. The fourth-order valence-electron chi connectivity index (χ4n) is 0.650. The molecule has 62 valence electrons. The largest absolute Gasteiger partial charge is 0.400 e. The van der Waals surface area contributed by atoms with Crippen LogP contribution in [-0.4, -0.2) is 12.2 Å². The van der Waals surface area contributed by atoms with Crippen LogP contribution in [0, 0.1) is 6.07 Å². The standard InChI is InChI=1S/C8H9.CH4O.W/c1-2-8-6-4-3-5-7-8;1-2;/h3-6H,2H2,1H3;2H,1H3;/q-1;;. The molecule has 1 aromatic carbocycles. The molecule has 0 aliphatic rings. The first-order chi connectivity index (χ1) is 4.93. The summed E-state index contributed by atoms with van der Waals surface area (Å²) >= 11 is 0. The van der Waals surface area contributed by atoms with Crippen LogP contribution in [0.15, 0.2) is 24.3 Å². The molecule has 0 atom stereocenters. The van der Waals surface area contributed by atoms with Gasteiger partial charge in [0, 0.05) is 28.2 Å². The van der Waals surface area contributed by atoms with Gasteiger partial charge in [0.15, 0.2) is 0 Å². The molecule has 0 saturated carbocycles. The van der Waals surface area contributed by atoms with Gasteiger partial charge in [0.1, 0.15) is 0 Å². The second kappa shape index (κ2) is 9.87. The molecule has 0 amide bonds. The first kappa shape index (κ1) is 13.5. The molecule has 0 saturated heterocycles. The minimum Gasteiger partial charge on any atom is -0.400 e. The SMILES string of the molecule is CCc1[c-]cccc1.CO.[W]. The van der Waals surface area contributed by atoms with E-state index >= 15 is 0 Å². The number of aliphatic hydroxyl groups excluding tert-OH is 1. The van der Waals surface area contributed by atoms with E-state index in [9.17, 15) is 0 Å². The van der Waals surface area contributed by atoms with E-state index in [1.165, 1.54) is 5.56 Å². The van der Waals surface area contributed by atoms with E-state index in [0.29, 0.717) is 0 Å². The summed E-state index contributed by atoms with van der Waals surface area (Å²) < 4.78 is 0. The number of rotatable bonds is 1. The van der Waals surface area contributed by atoms with Gasteiger partial charge in [0.25, 0.3) is 0 Å². The Morgan fingerprint density at radius 3 is 2.27 bits per heavy atom. The maximum absolute atomic E-state index is 7.00. The van der Waals surface area contributed by atoms with Crippen LogP contribution in [0.5, 0.6) is 0 Å². The second-order valence-corrected chi connectivity index (χ2v) is 1.74. The van der Waals surface area contributed by atoms with Crippen LogP contribution in [-0.2, 0) is 27.5 Å². The summed E-state index contributed by atoms with van der Waals surface area (Å²) in [5.74, 6) is 0. The van der Waals surface area contributed by atoms with Crippen molar-refractivity contribution in [3.63, 3.8) is 0 Å². The summed E-state index contributed by atoms with van der Waals surface area (Å²) in [7, 11) is 1.00. The maximum Gasteiger partial charge on any atom is 0.0319 e. The van der Waals surface area contributed by atoms with Crippen molar-refractivity contribution < 1.29 is 26.2 Å². The summed E-state index contributed by atoms with van der Waals surface area (Å²) in [4.78, 5) is 0. The zero-order chi connectivity index (χ0) is 7.82. The monoisotopic (exact) mass is 321 g/mol. The fourth-order valence-corrected chi connectivity index (χ4v) is 0.650. The zero-order valence-electron chi connectivity index (χ0n) is 6.87. The third-order valence-electron chi connectivity index (χ3n) is 1.15. The predicted molar refractivity (Wildman–Crippen MR) is 42.8 cm³/mol. The Labute approximate surface area is 82.7 Å². The Morgan fingerprint density at radius 2 is 2.00 bits per heavy atom. The molecule has 1 rings (SSSR count). The van der Waals surface area contributed by atoms with Gasteiger partial charge in [-0.1, -0.05) is 13.3 Å². The van der Waals surface area contributed by atoms with E-state index < -0.39 is 0 Å². The molecule has 0 bridgehead atoms. The van der Waals surface area contributed by atoms with E-state index in [-0.39, 0.29) is 21.1 Å². The van der Waals surface area contributed by atoms with Crippen molar-refractivity contribution in [2.24, 2.45) is 0 Å². The minimum atomic E-state index is 0. The van der Waals surface area contributed by atoms with Gasteiger partial charge in [-0.15, -0.1) is 0 Å². The normalized spacial score (nSPS) is 7.18. The molecule has 0 aliphatic heterocycles. The van der Waals surface area contributed by atoms with Gasteiger partial charge in [0.05, 0.1) is 0 Å². The van der Waals surface area contributed by atoms with Gasteiger partial charge < -0.3 is 5.11 Å². The van der Waals surface area contributed by atoms with E-state index in [0.717, 1.165) is 13.5 Å². The van der Waals surface area contributed by atoms with Crippen molar-refractivity contribution in [2.45, 2.75) is 13.3 Å². The summed E-state index contributed by atoms with van der Waals surface area (Å²) in [6, 6.07) is 11.2. The van der Waals surface area contributed by atoms with Crippen LogP contribution in [0.3, 0.4) is 0 Å². The minimum absolute atomic E-state index is 0. The van der Waals surface area contributed by atoms with Gasteiger partial charge in [-0.2, -0.15) is 35.9 Å². The van der Waals surface area contributed by atoms with E-state index in [4.69, 9.17) is 5.11 Å². The number of benzene rings is 1. The van der Waals surface area contributed by atoms with Crippen LogP contribution in [0.25, 0.3) is 0 Å². The van der Waals surface area contributed by atoms with Crippen molar-refractivity contribution in [3.8, 4) is 0 Å². The number of aliphatic hydroxyl groups is 1. The summed E-state index contributed by atoms with van der Waals surface area (Å²) in [5.41, 5.74) is 1.28. The summed E-state index contributed by atoms with van der Waals surface area (Å²) in [5, 5.41) is 7.00. The second-order valence-electron chi connectivity index (χ2n) is 1.74. The Bertz CT molecular complexity index is 151. The molecular weight excluding hydrogens is 308 g/mol. The van der Waals surface area contributed by atoms with Crippen molar-refractivity contribution in [2.75, 3.05) is 7.11 Å². The van der Waals surface area contributed by atoms with Crippen LogP contribution in [0.4, 0.5) is 0 Å². The molecule has 0 radical (unpaired) electrons. The van der Waals surface area contributed by atoms with Crippen molar-refractivity contribution in [3.05, 3.63) is 35.9 Å². The van der Waals surface area contributed by atoms with Crippen molar-refractivity contribution in [1.82, 2.24) is 0 Å². The molecule has 0 unspecified atom stereocenters. The number of hydrogen-bond donors (Lipinski definition) is 1. The molecule has 2 heteroatoms. The molecule has 0 heterocycles. The Morgan fingerprint density at radius 1 is 1.36 bits per heavy atom. The van der Waals surface area contributed by atoms with Crippen LogP contribution < -0.4 is 0 Å². The van der Waals surface area contributed by atoms with Crippen LogP contribution in [0.2, 0.25) is 0 Å². The molecule has 1 N–H and O–H groups in total. The van der Waals surface area contributed by atoms with Gasteiger partial charge in [0.2, 0.25) is 0 Å². The predicted octanol–water partition coefficient (Wildman–Crippen LogP) is 1.66. The topological polar surface area (TPSA) is 20.2 Å². The maximum atomic E-state index is 7.00.